The largest absolute Gasteiger partial charge is 0.465 e. The Labute approximate surface area is 125 Å². The van der Waals surface area contributed by atoms with Gasteiger partial charge in [0.2, 0.25) is 0 Å². The van der Waals surface area contributed by atoms with Gasteiger partial charge in [-0.25, -0.2) is 4.98 Å². The maximum Gasteiger partial charge on any atom is 0.118 e. The summed E-state index contributed by atoms with van der Waals surface area (Å²) in [6.45, 7) is 4.20. The summed E-state index contributed by atoms with van der Waals surface area (Å²) in [4.78, 5) is 10.5. The lowest BCUT2D eigenvalue weighted by Gasteiger charge is -2.34. The van der Waals surface area contributed by atoms with Crippen molar-refractivity contribution in [2.75, 3.05) is 6.54 Å². The molecule has 4 heteroatoms. The summed E-state index contributed by atoms with van der Waals surface area (Å²) in [5.74, 6) is 3.01. The fourth-order valence-corrected chi connectivity index (χ4v) is 3.55. The highest BCUT2D eigenvalue weighted by molar-refractivity contribution is 5.22. The molecule has 1 aliphatic carbocycles. The molecule has 0 radical (unpaired) electrons. The van der Waals surface area contributed by atoms with Gasteiger partial charge >= 0.3 is 0 Å². The average Bonchev–Trinajstić information content (AvgIpc) is 3.03. The predicted molar refractivity (Wildman–Crippen MR) is 80.9 cm³/mol. The smallest absolute Gasteiger partial charge is 0.118 e. The summed E-state index contributed by atoms with van der Waals surface area (Å²) in [6.07, 6.45) is 7.78. The molecular weight excluding hydrogens is 262 g/mol. The molecule has 0 unspecified atom stereocenters. The second-order valence-corrected chi connectivity index (χ2v) is 6.39. The molecule has 1 aliphatic heterocycles. The highest BCUT2D eigenvalue weighted by atomic mass is 16.3. The Morgan fingerprint density at radius 1 is 1.33 bits per heavy atom. The number of hydrogen-bond donors (Lipinski definition) is 1. The molecular formula is C17H23N3O. The Kier molecular flexibility index (Phi) is 3.34. The van der Waals surface area contributed by atoms with Crippen LogP contribution in [-0.2, 0) is 19.4 Å². The third kappa shape index (κ3) is 2.53. The summed E-state index contributed by atoms with van der Waals surface area (Å²) >= 11 is 0. The summed E-state index contributed by atoms with van der Waals surface area (Å²) in [5.41, 5.74) is 2.62. The van der Waals surface area contributed by atoms with E-state index in [1.165, 1.54) is 24.2 Å². The zero-order chi connectivity index (χ0) is 14.2. The van der Waals surface area contributed by atoms with E-state index in [0.29, 0.717) is 6.04 Å². The number of furan rings is 1. The van der Waals surface area contributed by atoms with Crippen molar-refractivity contribution in [2.24, 2.45) is 5.92 Å². The normalized spacial score (nSPS) is 22.4. The fourth-order valence-electron chi connectivity index (χ4n) is 3.55. The number of aromatic nitrogens is 2. The first-order valence-electron chi connectivity index (χ1n) is 8.19. The van der Waals surface area contributed by atoms with Crippen molar-refractivity contribution in [1.29, 1.82) is 0 Å². The molecule has 0 spiro atoms. The molecule has 0 amide bonds. The lowest BCUT2D eigenvalue weighted by Crippen LogP contribution is -2.36. The quantitative estimate of drug-likeness (QED) is 0.915. The van der Waals surface area contributed by atoms with Crippen molar-refractivity contribution < 1.29 is 4.42 Å². The van der Waals surface area contributed by atoms with Crippen LogP contribution in [0.4, 0.5) is 0 Å². The van der Waals surface area contributed by atoms with Crippen molar-refractivity contribution in [3.8, 4) is 0 Å². The predicted octanol–water partition coefficient (Wildman–Crippen LogP) is 3.46. The van der Waals surface area contributed by atoms with Crippen LogP contribution in [0.1, 0.15) is 55.1 Å². The second-order valence-electron chi connectivity index (χ2n) is 6.39. The van der Waals surface area contributed by atoms with Gasteiger partial charge in [-0.05, 0) is 37.3 Å². The van der Waals surface area contributed by atoms with Crippen LogP contribution in [0.2, 0.25) is 0 Å². The SMILES string of the molecule is CCCc1ccc(CN2CCc3[nH]cnc3[C@@H]2C2CC2)o1. The van der Waals surface area contributed by atoms with Crippen LogP contribution in [0.5, 0.6) is 0 Å². The van der Waals surface area contributed by atoms with Crippen LogP contribution in [0, 0.1) is 5.92 Å². The number of imidazole rings is 1. The van der Waals surface area contributed by atoms with E-state index in [4.69, 9.17) is 4.42 Å². The van der Waals surface area contributed by atoms with Crippen molar-refractivity contribution >= 4 is 0 Å². The maximum absolute atomic E-state index is 5.97. The molecule has 21 heavy (non-hydrogen) atoms. The van der Waals surface area contributed by atoms with Gasteiger partial charge in [-0.1, -0.05) is 6.92 Å². The summed E-state index contributed by atoms with van der Waals surface area (Å²) in [5, 5.41) is 0. The van der Waals surface area contributed by atoms with Crippen molar-refractivity contribution in [1.82, 2.24) is 14.9 Å². The van der Waals surface area contributed by atoms with Gasteiger partial charge in [0.05, 0.1) is 24.6 Å². The van der Waals surface area contributed by atoms with Gasteiger partial charge in [0.1, 0.15) is 11.5 Å². The molecule has 4 rings (SSSR count). The molecule has 3 heterocycles. The number of nitrogens with one attached hydrogen (secondary N) is 1. The first kappa shape index (κ1) is 13.1. The Hall–Kier alpha value is -1.55. The van der Waals surface area contributed by atoms with Gasteiger partial charge in [0.15, 0.2) is 0 Å². The van der Waals surface area contributed by atoms with E-state index in [9.17, 15) is 0 Å². The van der Waals surface area contributed by atoms with Crippen molar-refractivity contribution in [3.05, 3.63) is 41.4 Å². The molecule has 2 aromatic rings. The van der Waals surface area contributed by atoms with Crippen LogP contribution in [-0.4, -0.2) is 21.4 Å². The van der Waals surface area contributed by atoms with E-state index in [2.05, 4.69) is 33.9 Å². The van der Waals surface area contributed by atoms with Crippen molar-refractivity contribution in [3.63, 3.8) is 0 Å². The van der Waals surface area contributed by atoms with Gasteiger partial charge in [0, 0.05) is 25.1 Å². The molecule has 1 N–H and O–H groups in total. The third-order valence-corrected chi connectivity index (χ3v) is 4.72. The van der Waals surface area contributed by atoms with Gasteiger partial charge in [-0.3, -0.25) is 4.90 Å². The van der Waals surface area contributed by atoms with E-state index in [1.807, 2.05) is 6.33 Å². The minimum absolute atomic E-state index is 0.486. The lowest BCUT2D eigenvalue weighted by molar-refractivity contribution is 0.140. The molecule has 0 saturated heterocycles. The molecule has 1 saturated carbocycles. The first-order chi connectivity index (χ1) is 10.3. The molecule has 1 atom stereocenters. The standard InChI is InChI=1S/C17H23N3O/c1-2-3-13-6-7-14(21-13)10-20-9-8-15-16(19-11-18-15)17(20)12-4-5-12/h6-7,11-12,17H,2-5,8-10H2,1H3,(H,18,19)/t17-/m0/s1. The number of H-pyrrole nitrogens is 1. The second kappa shape index (κ2) is 5.34. The van der Waals surface area contributed by atoms with Crippen LogP contribution < -0.4 is 0 Å². The molecule has 1 fully saturated rings. The lowest BCUT2D eigenvalue weighted by atomic mass is 9.98. The molecule has 2 aliphatic rings. The zero-order valence-corrected chi connectivity index (χ0v) is 12.6. The van der Waals surface area contributed by atoms with Gasteiger partial charge in [-0.15, -0.1) is 0 Å². The van der Waals surface area contributed by atoms with E-state index < -0.39 is 0 Å². The molecule has 0 bridgehead atoms. The number of fused-ring (bicyclic) bond motifs is 1. The number of nitrogens with zero attached hydrogens (tertiary/aromatic N) is 2. The van der Waals surface area contributed by atoms with Crippen molar-refractivity contribution in [2.45, 2.75) is 51.6 Å². The molecule has 4 nitrogen and oxygen atoms in total. The zero-order valence-electron chi connectivity index (χ0n) is 12.6. The van der Waals surface area contributed by atoms with Crippen LogP contribution in [0.3, 0.4) is 0 Å². The first-order valence-corrected chi connectivity index (χ1v) is 8.19. The van der Waals surface area contributed by atoms with E-state index in [0.717, 1.165) is 49.8 Å². The highest BCUT2D eigenvalue weighted by Gasteiger charge is 2.41. The van der Waals surface area contributed by atoms with Gasteiger partial charge < -0.3 is 9.40 Å². The number of aryl methyl sites for hydroxylation is 1. The fraction of sp³-hybridized carbons (Fsp3) is 0.588. The maximum atomic E-state index is 5.97. The average molecular weight is 285 g/mol. The monoisotopic (exact) mass is 285 g/mol. The van der Waals surface area contributed by atoms with Crippen LogP contribution in [0.15, 0.2) is 22.9 Å². The number of rotatable bonds is 5. The Balaban J connectivity index is 1.53. The Bertz CT molecular complexity index is 611. The summed E-state index contributed by atoms with van der Waals surface area (Å²) in [6, 6.07) is 4.77. The van der Waals surface area contributed by atoms with Gasteiger partial charge in [-0.2, -0.15) is 0 Å². The molecule has 112 valence electrons. The third-order valence-electron chi connectivity index (χ3n) is 4.72. The summed E-state index contributed by atoms with van der Waals surface area (Å²) in [7, 11) is 0. The van der Waals surface area contributed by atoms with E-state index in [1.54, 1.807) is 0 Å². The minimum Gasteiger partial charge on any atom is -0.465 e. The number of hydrogen-bond acceptors (Lipinski definition) is 3. The Morgan fingerprint density at radius 2 is 2.19 bits per heavy atom. The number of aromatic amines is 1. The van der Waals surface area contributed by atoms with E-state index in [-0.39, 0.29) is 0 Å². The van der Waals surface area contributed by atoms with Crippen LogP contribution >= 0.6 is 0 Å². The molecule has 2 aromatic heterocycles. The van der Waals surface area contributed by atoms with E-state index >= 15 is 0 Å². The molecule has 0 aromatic carbocycles. The topological polar surface area (TPSA) is 45.1 Å². The highest BCUT2D eigenvalue weighted by Crippen LogP contribution is 2.46. The minimum atomic E-state index is 0.486. The van der Waals surface area contributed by atoms with Gasteiger partial charge in [0.25, 0.3) is 0 Å². The van der Waals surface area contributed by atoms with Crippen LogP contribution in [0.25, 0.3) is 0 Å². The Morgan fingerprint density at radius 3 is 3.00 bits per heavy atom. The summed E-state index contributed by atoms with van der Waals surface area (Å²) < 4.78 is 5.97.